The maximum atomic E-state index is 6.12. The molecule has 5 nitrogen and oxygen atoms in total. The number of hydrogen-bond acceptors (Lipinski definition) is 2. The molecule has 1 aliphatic rings. The van der Waals surface area contributed by atoms with Crippen LogP contribution in [0, 0.1) is 12.8 Å². The van der Waals surface area contributed by atoms with Gasteiger partial charge in [0.2, 0.25) is 0 Å². The number of nitrogens with two attached hydrogens (primary N) is 1. The summed E-state index contributed by atoms with van der Waals surface area (Å²) in [5, 5.41) is 0. The Bertz CT molecular complexity index is 664. The van der Waals surface area contributed by atoms with Crippen LogP contribution < -0.4 is 5.73 Å². The lowest BCUT2D eigenvalue weighted by molar-refractivity contribution is 0.270. The number of hydrogen-bond donors (Lipinski definition) is 1. The van der Waals surface area contributed by atoms with E-state index in [0.717, 1.165) is 24.4 Å². The Balaban J connectivity index is 0.00000176. The van der Waals surface area contributed by atoms with Gasteiger partial charge in [0, 0.05) is 25.5 Å². The van der Waals surface area contributed by atoms with Gasteiger partial charge in [0.1, 0.15) is 5.65 Å². The van der Waals surface area contributed by atoms with Crippen LogP contribution in [0.15, 0.2) is 29.5 Å². The highest BCUT2D eigenvalue weighted by atomic mass is 127. The molecule has 2 N–H and O–H groups in total. The van der Waals surface area contributed by atoms with Crippen molar-refractivity contribution in [1.82, 2.24) is 14.3 Å². The van der Waals surface area contributed by atoms with E-state index in [2.05, 4.69) is 40.9 Å². The van der Waals surface area contributed by atoms with E-state index < -0.39 is 0 Å². The van der Waals surface area contributed by atoms with E-state index in [9.17, 15) is 0 Å². The number of fused-ring (bicyclic) bond motifs is 1. The van der Waals surface area contributed by atoms with Gasteiger partial charge in [0.25, 0.3) is 0 Å². The number of nitrogens with zero attached hydrogens (tertiary/aromatic N) is 4. The van der Waals surface area contributed by atoms with Crippen molar-refractivity contribution in [2.24, 2.45) is 16.6 Å². The largest absolute Gasteiger partial charge is 0.370 e. The molecule has 0 aromatic carbocycles. The van der Waals surface area contributed by atoms with Crippen LogP contribution in [0.1, 0.15) is 31.0 Å². The molecule has 1 saturated heterocycles. The summed E-state index contributed by atoms with van der Waals surface area (Å²) >= 11 is 0. The van der Waals surface area contributed by atoms with Crippen molar-refractivity contribution in [1.29, 1.82) is 0 Å². The van der Waals surface area contributed by atoms with E-state index in [0.29, 0.717) is 18.4 Å². The summed E-state index contributed by atoms with van der Waals surface area (Å²) in [6, 6.07) is 4.15. The first kappa shape index (κ1) is 17.1. The summed E-state index contributed by atoms with van der Waals surface area (Å²) in [6.07, 6.45) is 6.53. The minimum atomic E-state index is 0. The van der Waals surface area contributed by atoms with E-state index in [1.807, 2.05) is 16.8 Å². The molecule has 0 radical (unpaired) electrons. The Morgan fingerprint density at radius 1 is 1.50 bits per heavy atom. The molecule has 22 heavy (non-hydrogen) atoms. The second-order valence-electron chi connectivity index (χ2n) is 6.07. The van der Waals surface area contributed by atoms with Gasteiger partial charge in [0.05, 0.1) is 12.2 Å². The highest BCUT2D eigenvalue weighted by Gasteiger charge is 2.17. The molecule has 0 saturated carbocycles. The third-order valence-electron chi connectivity index (χ3n) is 4.05. The molecule has 1 atom stereocenters. The summed E-state index contributed by atoms with van der Waals surface area (Å²) in [7, 11) is 0. The van der Waals surface area contributed by atoms with Crippen molar-refractivity contribution >= 4 is 35.6 Å². The fourth-order valence-electron chi connectivity index (χ4n) is 2.87. The van der Waals surface area contributed by atoms with Crippen molar-refractivity contribution < 1.29 is 0 Å². The topological polar surface area (TPSA) is 58.9 Å². The number of guanidine groups is 1. The molecule has 120 valence electrons. The fraction of sp³-hybridized carbons (Fsp3) is 0.500. The third-order valence-corrected chi connectivity index (χ3v) is 4.05. The number of piperidine rings is 1. The van der Waals surface area contributed by atoms with Crippen LogP contribution in [0.4, 0.5) is 0 Å². The number of pyridine rings is 1. The summed E-state index contributed by atoms with van der Waals surface area (Å²) in [5.74, 6) is 1.35. The Hall–Kier alpha value is -1.31. The van der Waals surface area contributed by atoms with Crippen molar-refractivity contribution in [3.05, 3.63) is 35.8 Å². The average molecular weight is 413 g/mol. The molecule has 0 aliphatic carbocycles. The zero-order valence-electron chi connectivity index (χ0n) is 13.2. The number of imidazole rings is 1. The number of aromatic nitrogens is 2. The van der Waals surface area contributed by atoms with E-state index in [1.165, 1.54) is 18.4 Å². The Morgan fingerprint density at radius 2 is 2.32 bits per heavy atom. The number of likely N-dealkylation sites (tertiary alicyclic amines) is 1. The second-order valence-corrected chi connectivity index (χ2v) is 6.07. The second kappa shape index (κ2) is 7.30. The zero-order chi connectivity index (χ0) is 14.8. The van der Waals surface area contributed by atoms with Gasteiger partial charge in [-0.25, -0.2) is 9.98 Å². The summed E-state index contributed by atoms with van der Waals surface area (Å²) in [4.78, 5) is 11.3. The Kier molecular flexibility index (Phi) is 5.66. The molecule has 2 aromatic heterocycles. The van der Waals surface area contributed by atoms with Crippen molar-refractivity contribution in [2.75, 3.05) is 13.1 Å². The third kappa shape index (κ3) is 3.91. The molecular formula is C16H24IN5. The molecule has 1 aliphatic heterocycles. The highest BCUT2D eigenvalue weighted by molar-refractivity contribution is 14.0. The fourth-order valence-corrected chi connectivity index (χ4v) is 2.87. The van der Waals surface area contributed by atoms with E-state index in [4.69, 9.17) is 5.73 Å². The molecule has 0 spiro atoms. The van der Waals surface area contributed by atoms with Crippen LogP contribution in [-0.2, 0) is 6.54 Å². The van der Waals surface area contributed by atoms with Gasteiger partial charge in [-0.05, 0) is 43.4 Å². The molecule has 0 amide bonds. The molecular weight excluding hydrogens is 389 g/mol. The molecule has 1 fully saturated rings. The first-order chi connectivity index (χ1) is 10.1. The Morgan fingerprint density at radius 3 is 3.09 bits per heavy atom. The lowest BCUT2D eigenvalue weighted by Gasteiger charge is -2.31. The van der Waals surface area contributed by atoms with Gasteiger partial charge >= 0.3 is 0 Å². The molecule has 3 rings (SSSR count). The smallest absolute Gasteiger partial charge is 0.191 e. The molecule has 2 aromatic rings. The predicted molar refractivity (Wildman–Crippen MR) is 101 cm³/mol. The lowest BCUT2D eigenvalue weighted by atomic mass is 10.0. The molecule has 1 unspecified atom stereocenters. The first-order valence-corrected chi connectivity index (χ1v) is 7.61. The van der Waals surface area contributed by atoms with Crippen molar-refractivity contribution in [2.45, 2.75) is 33.2 Å². The van der Waals surface area contributed by atoms with Crippen LogP contribution in [0.25, 0.3) is 5.65 Å². The highest BCUT2D eigenvalue weighted by Crippen LogP contribution is 2.15. The monoisotopic (exact) mass is 413 g/mol. The predicted octanol–water partition coefficient (Wildman–Crippen LogP) is 2.81. The normalized spacial score (nSPS) is 19.3. The minimum absolute atomic E-state index is 0. The minimum Gasteiger partial charge on any atom is -0.370 e. The number of rotatable bonds is 2. The van der Waals surface area contributed by atoms with E-state index >= 15 is 0 Å². The maximum absolute atomic E-state index is 6.12. The van der Waals surface area contributed by atoms with Gasteiger partial charge in [-0.15, -0.1) is 24.0 Å². The first-order valence-electron chi connectivity index (χ1n) is 7.61. The zero-order valence-corrected chi connectivity index (χ0v) is 15.5. The van der Waals surface area contributed by atoms with Gasteiger partial charge < -0.3 is 15.0 Å². The van der Waals surface area contributed by atoms with Gasteiger partial charge in [-0.1, -0.05) is 6.92 Å². The summed E-state index contributed by atoms with van der Waals surface area (Å²) in [6.45, 7) is 6.91. The van der Waals surface area contributed by atoms with Crippen LogP contribution >= 0.6 is 24.0 Å². The van der Waals surface area contributed by atoms with Crippen LogP contribution in [0.5, 0.6) is 0 Å². The number of halogens is 1. The molecule has 6 heteroatoms. The van der Waals surface area contributed by atoms with Gasteiger partial charge in [-0.2, -0.15) is 0 Å². The molecule has 0 bridgehead atoms. The van der Waals surface area contributed by atoms with E-state index in [-0.39, 0.29) is 24.0 Å². The summed E-state index contributed by atoms with van der Waals surface area (Å²) in [5.41, 5.74) is 9.25. The maximum Gasteiger partial charge on any atom is 0.191 e. The Labute approximate surface area is 148 Å². The van der Waals surface area contributed by atoms with E-state index in [1.54, 1.807) is 0 Å². The van der Waals surface area contributed by atoms with Crippen LogP contribution in [-0.4, -0.2) is 33.3 Å². The van der Waals surface area contributed by atoms with Gasteiger partial charge in [0.15, 0.2) is 5.96 Å². The quantitative estimate of drug-likeness (QED) is 0.468. The van der Waals surface area contributed by atoms with Crippen LogP contribution in [0.3, 0.4) is 0 Å². The summed E-state index contributed by atoms with van der Waals surface area (Å²) < 4.78 is 2.02. The SMILES string of the molecule is Cc1ccn2cc(CN=C(N)N3CCCC(C)C3)nc2c1.I. The molecule has 3 heterocycles. The van der Waals surface area contributed by atoms with Crippen LogP contribution in [0.2, 0.25) is 0 Å². The number of aryl methyl sites for hydroxylation is 1. The van der Waals surface area contributed by atoms with Gasteiger partial charge in [-0.3, -0.25) is 0 Å². The average Bonchev–Trinajstić information content (AvgIpc) is 2.86. The van der Waals surface area contributed by atoms with Crippen molar-refractivity contribution in [3.63, 3.8) is 0 Å². The lowest BCUT2D eigenvalue weighted by Crippen LogP contribution is -2.43. The van der Waals surface area contributed by atoms with Crippen molar-refractivity contribution in [3.8, 4) is 0 Å². The standard InChI is InChI=1S/C16H23N5.HI/c1-12-5-7-20-11-14(19-15(20)8-12)9-18-16(17)21-6-3-4-13(2)10-21;/h5,7-8,11,13H,3-4,6,9-10H2,1-2H3,(H2,17,18);1H. The number of aliphatic imine (C=N–C) groups is 1.